The third kappa shape index (κ3) is 4.24. The minimum atomic E-state index is 0. The molecule has 2 N–H and O–H groups in total. The minimum absolute atomic E-state index is 0. The van der Waals surface area contributed by atoms with Gasteiger partial charge in [-0.05, 0) is 56.5 Å². The number of hydrogen-bond acceptors (Lipinski definition) is 2. The first-order chi connectivity index (χ1) is 8.61. The van der Waals surface area contributed by atoms with Crippen LogP contribution in [0, 0.1) is 5.92 Å². The fourth-order valence-electron chi connectivity index (χ4n) is 2.62. The molecule has 5 heteroatoms. The van der Waals surface area contributed by atoms with E-state index in [-0.39, 0.29) is 12.4 Å². The molecule has 0 aliphatic carbocycles. The maximum Gasteiger partial charge on any atom is 0.0595 e. The Bertz CT molecular complexity index is 412. The van der Waals surface area contributed by atoms with E-state index in [0.717, 1.165) is 19.6 Å². The molecule has 2 rings (SSSR count). The van der Waals surface area contributed by atoms with Gasteiger partial charge in [0, 0.05) is 12.6 Å². The number of nitrogens with two attached hydrogens (primary N) is 1. The zero-order valence-corrected chi connectivity index (χ0v) is 13.4. The molecule has 0 aromatic heterocycles. The number of benzene rings is 1. The molecule has 0 saturated carbocycles. The van der Waals surface area contributed by atoms with Crippen LogP contribution in [0.15, 0.2) is 18.2 Å². The highest BCUT2D eigenvalue weighted by Gasteiger charge is 2.23. The fraction of sp³-hybridized carbons (Fsp3) is 0.571. The van der Waals surface area contributed by atoms with E-state index >= 15 is 0 Å². The first-order valence-corrected chi connectivity index (χ1v) is 7.26. The number of halogens is 3. The zero-order valence-electron chi connectivity index (χ0n) is 11.1. The molecule has 1 aliphatic heterocycles. The van der Waals surface area contributed by atoms with Crippen molar-refractivity contribution in [3.63, 3.8) is 0 Å². The normalized spacial score (nSPS) is 21.8. The van der Waals surface area contributed by atoms with Crippen LogP contribution in [0.4, 0.5) is 0 Å². The lowest BCUT2D eigenvalue weighted by atomic mass is 9.95. The molecular formula is C14H21Cl3N2. The number of hydrogen-bond donors (Lipinski definition) is 1. The Labute approximate surface area is 131 Å². The second-order valence-corrected chi connectivity index (χ2v) is 5.90. The van der Waals surface area contributed by atoms with Crippen molar-refractivity contribution in [3.05, 3.63) is 33.8 Å². The molecule has 0 spiro atoms. The van der Waals surface area contributed by atoms with E-state index in [1.165, 1.54) is 18.4 Å². The summed E-state index contributed by atoms with van der Waals surface area (Å²) in [5.41, 5.74) is 7.01. The second-order valence-electron chi connectivity index (χ2n) is 5.09. The lowest BCUT2D eigenvalue weighted by Crippen LogP contribution is -2.39. The second kappa shape index (κ2) is 7.70. The average Bonchev–Trinajstić information content (AvgIpc) is 2.41. The van der Waals surface area contributed by atoms with E-state index in [1.807, 2.05) is 12.1 Å². The summed E-state index contributed by atoms with van der Waals surface area (Å²) in [5.74, 6) is 0.629. The van der Waals surface area contributed by atoms with Crippen molar-refractivity contribution < 1.29 is 0 Å². The SMILES string of the molecule is CC(c1ccc(Cl)c(Cl)c1)N1CCCC(CN)C1.Cl. The predicted molar refractivity (Wildman–Crippen MR) is 85.5 cm³/mol. The van der Waals surface area contributed by atoms with E-state index in [9.17, 15) is 0 Å². The predicted octanol–water partition coefficient (Wildman–Crippen LogP) is 4.15. The van der Waals surface area contributed by atoms with E-state index in [0.29, 0.717) is 22.0 Å². The van der Waals surface area contributed by atoms with Crippen LogP contribution in [0.3, 0.4) is 0 Å². The summed E-state index contributed by atoms with van der Waals surface area (Å²) in [6.07, 6.45) is 2.48. The first-order valence-electron chi connectivity index (χ1n) is 6.51. The quantitative estimate of drug-likeness (QED) is 0.905. The molecule has 0 amide bonds. The van der Waals surface area contributed by atoms with Gasteiger partial charge in [-0.15, -0.1) is 12.4 Å². The standard InChI is InChI=1S/C14H20Cl2N2.ClH/c1-10(12-4-5-13(15)14(16)7-12)18-6-2-3-11(8-17)9-18;/h4-5,7,10-11H,2-3,6,8-9,17H2,1H3;1H. The number of rotatable bonds is 3. The topological polar surface area (TPSA) is 29.3 Å². The summed E-state index contributed by atoms with van der Waals surface area (Å²) >= 11 is 12.0. The van der Waals surface area contributed by atoms with Gasteiger partial charge >= 0.3 is 0 Å². The largest absolute Gasteiger partial charge is 0.330 e. The van der Waals surface area contributed by atoms with Crippen molar-refractivity contribution >= 4 is 35.6 Å². The number of piperidine rings is 1. The highest BCUT2D eigenvalue weighted by Crippen LogP contribution is 2.30. The summed E-state index contributed by atoms with van der Waals surface area (Å²) in [5, 5.41) is 1.25. The van der Waals surface area contributed by atoms with Gasteiger partial charge in [-0.3, -0.25) is 4.90 Å². The molecule has 1 heterocycles. The molecule has 0 radical (unpaired) electrons. The van der Waals surface area contributed by atoms with Crippen LogP contribution in [-0.2, 0) is 0 Å². The van der Waals surface area contributed by atoms with Crippen LogP contribution in [0.1, 0.15) is 31.4 Å². The van der Waals surface area contributed by atoms with Crippen molar-refractivity contribution in [2.24, 2.45) is 11.7 Å². The average molecular weight is 324 g/mol. The van der Waals surface area contributed by atoms with Gasteiger partial charge < -0.3 is 5.73 Å². The lowest BCUT2D eigenvalue weighted by Gasteiger charge is -2.36. The van der Waals surface area contributed by atoms with Gasteiger partial charge in [0.2, 0.25) is 0 Å². The van der Waals surface area contributed by atoms with Gasteiger partial charge in [-0.2, -0.15) is 0 Å². The molecule has 108 valence electrons. The molecule has 2 nitrogen and oxygen atoms in total. The highest BCUT2D eigenvalue weighted by atomic mass is 35.5. The molecule has 2 unspecified atom stereocenters. The summed E-state index contributed by atoms with van der Waals surface area (Å²) in [6.45, 7) is 5.22. The third-order valence-electron chi connectivity index (χ3n) is 3.86. The summed E-state index contributed by atoms with van der Waals surface area (Å²) < 4.78 is 0. The van der Waals surface area contributed by atoms with Crippen LogP contribution < -0.4 is 5.73 Å². The van der Waals surface area contributed by atoms with Crippen molar-refractivity contribution in [2.45, 2.75) is 25.8 Å². The summed E-state index contributed by atoms with van der Waals surface area (Å²) in [6, 6.07) is 6.28. The summed E-state index contributed by atoms with van der Waals surface area (Å²) in [7, 11) is 0. The molecule has 1 aromatic carbocycles. The van der Waals surface area contributed by atoms with Gasteiger partial charge in [0.05, 0.1) is 10.0 Å². The van der Waals surface area contributed by atoms with Crippen LogP contribution in [0.25, 0.3) is 0 Å². The Balaban J connectivity index is 0.00000180. The van der Waals surface area contributed by atoms with E-state index < -0.39 is 0 Å². The van der Waals surface area contributed by atoms with Crippen molar-refractivity contribution in [2.75, 3.05) is 19.6 Å². The van der Waals surface area contributed by atoms with Crippen LogP contribution in [0.5, 0.6) is 0 Å². The molecule has 0 bridgehead atoms. The van der Waals surface area contributed by atoms with Gasteiger partial charge in [-0.25, -0.2) is 0 Å². The fourth-order valence-corrected chi connectivity index (χ4v) is 2.93. The third-order valence-corrected chi connectivity index (χ3v) is 4.60. The Morgan fingerprint density at radius 3 is 2.74 bits per heavy atom. The Morgan fingerprint density at radius 2 is 2.11 bits per heavy atom. The molecule has 1 aliphatic rings. The first kappa shape index (κ1) is 17.1. The van der Waals surface area contributed by atoms with Gasteiger partial charge in [0.1, 0.15) is 0 Å². The molecule has 1 saturated heterocycles. The molecule has 19 heavy (non-hydrogen) atoms. The van der Waals surface area contributed by atoms with E-state index in [4.69, 9.17) is 28.9 Å². The maximum absolute atomic E-state index is 6.08. The minimum Gasteiger partial charge on any atom is -0.330 e. The molecule has 1 fully saturated rings. The Morgan fingerprint density at radius 1 is 1.37 bits per heavy atom. The number of likely N-dealkylation sites (tertiary alicyclic amines) is 1. The monoisotopic (exact) mass is 322 g/mol. The van der Waals surface area contributed by atoms with E-state index in [2.05, 4.69) is 17.9 Å². The van der Waals surface area contributed by atoms with Gasteiger partial charge in [-0.1, -0.05) is 29.3 Å². The molecule has 2 atom stereocenters. The Kier molecular flexibility index (Phi) is 6.92. The van der Waals surface area contributed by atoms with Crippen LogP contribution in [0.2, 0.25) is 10.0 Å². The van der Waals surface area contributed by atoms with Gasteiger partial charge in [0.25, 0.3) is 0 Å². The van der Waals surface area contributed by atoms with Gasteiger partial charge in [0.15, 0.2) is 0 Å². The molecular weight excluding hydrogens is 303 g/mol. The van der Waals surface area contributed by atoms with Crippen LogP contribution in [-0.4, -0.2) is 24.5 Å². The van der Waals surface area contributed by atoms with Crippen molar-refractivity contribution in [3.8, 4) is 0 Å². The van der Waals surface area contributed by atoms with Crippen molar-refractivity contribution in [1.82, 2.24) is 4.90 Å². The number of nitrogens with zero attached hydrogens (tertiary/aromatic N) is 1. The smallest absolute Gasteiger partial charge is 0.0595 e. The van der Waals surface area contributed by atoms with Crippen molar-refractivity contribution in [1.29, 1.82) is 0 Å². The Hall–Kier alpha value is 0.01000. The maximum atomic E-state index is 6.08. The lowest BCUT2D eigenvalue weighted by molar-refractivity contribution is 0.134. The zero-order chi connectivity index (χ0) is 13.1. The van der Waals surface area contributed by atoms with E-state index in [1.54, 1.807) is 0 Å². The van der Waals surface area contributed by atoms with Crippen LogP contribution >= 0.6 is 35.6 Å². The summed E-state index contributed by atoms with van der Waals surface area (Å²) in [4.78, 5) is 2.49. The molecule has 1 aromatic rings. The highest BCUT2D eigenvalue weighted by molar-refractivity contribution is 6.42.